The summed E-state index contributed by atoms with van der Waals surface area (Å²) in [4.78, 5) is 19.8. The molecule has 6 rings (SSSR count). The van der Waals surface area contributed by atoms with Gasteiger partial charge in [0.15, 0.2) is 5.82 Å². The first-order valence-electron chi connectivity index (χ1n) is 10.8. The van der Waals surface area contributed by atoms with E-state index in [4.69, 9.17) is 10.5 Å². The third-order valence-corrected chi connectivity index (χ3v) is 6.88. The SMILES string of the molecule is Nc1c(-c2ccc(F)c3nn(C4CCCCO4)cc23)c2cc(Br)c3ncc(F)cc3c2[nH]c1=O. The molecular formula is C24H18BrF2N5O2. The minimum absolute atomic E-state index is 0.0299. The summed E-state index contributed by atoms with van der Waals surface area (Å²) in [6, 6.07) is 5.97. The van der Waals surface area contributed by atoms with Crippen molar-refractivity contribution in [2.24, 2.45) is 0 Å². The van der Waals surface area contributed by atoms with Crippen LogP contribution in [-0.4, -0.2) is 26.4 Å². The average molecular weight is 526 g/mol. The van der Waals surface area contributed by atoms with Gasteiger partial charge in [-0.2, -0.15) is 5.10 Å². The van der Waals surface area contributed by atoms with E-state index in [9.17, 15) is 13.6 Å². The van der Waals surface area contributed by atoms with Crippen LogP contribution in [0.3, 0.4) is 0 Å². The lowest BCUT2D eigenvalue weighted by Crippen LogP contribution is -2.18. The predicted molar refractivity (Wildman–Crippen MR) is 129 cm³/mol. The second kappa shape index (κ2) is 7.85. The van der Waals surface area contributed by atoms with Gasteiger partial charge < -0.3 is 15.5 Å². The number of fused-ring (bicyclic) bond motifs is 4. The number of nitrogens with two attached hydrogens (primary N) is 1. The van der Waals surface area contributed by atoms with Crippen molar-refractivity contribution in [1.82, 2.24) is 19.7 Å². The Bertz CT molecular complexity index is 1670. The minimum Gasteiger partial charge on any atom is -0.394 e. The van der Waals surface area contributed by atoms with Crippen molar-refractivity contribution in [2.75, 3.05) is 12.3 Å². The van der Waals surface area contributed by atoms with E-state index in [0.717, 1.165) is 25.5 Å². The Morgan fingerprint density at radius 2 is 2.00 bits per heavy atom. The fourth-order valence-electron chi connectivity index (χ4n) is 4.68. The molecular weight excluding hydrogens is 508 g/mol. The number of ether oxygens (including phenoxy) is 1. The highest BCUT2D eigenvalue weighted by Gasteiger charge is 2.23. The number of rotatable bonds is 2. The van der Waals surface area contributed by atoms with Crippen LogP contribution in [0.1, 0.15) is 25.5 Å². The number of nitrogens with one attached hydrogen (secondary N) is 1. The maximum Gasteiger partial charge on any atom is 0.272 e. The number of nitrogen functional groups attached to an aromatic ring is 1. The molecule has 5 aromatic rings. The molecule has 0 bridgehead atoms. The number of H-pyrrole nitrogens is 1. The van der Waals surface area contributed by atoms with Gasteiger partial charge in [0, 0.05) is 39.0 Å². The van der Waals surface area contributed by atoms with Gasteiger partial charge in [-0.25, -0.2) is 13.5 Å². The molecule has 0 saturated carbocycles. The third-order valence-electron chi connectivity index (χ3n) is 6.28. The van der Waals surface area contributed by atoms with Crippen LogP contribution in [0.15, 0.2) is 45.9 Å². The van der Waals surface area contributed by atoms with E-state index < -0.39 is 17.2 Å². The zero-order valence-corrected chi connectivity index (χ0v) is 19.3. The second-order valence-corrected chi connectivity index (χ2v) is 9.22. The minimum atomic E-state index is -0.538. The molecule has 0 aliphatic carbocycles. The molecule has 10 heteroatoms. The first kappa shape index (κ1) is 21.2. The summed E-state index contributed by atoms with van der Waals surface area (Å²) in [5.41, 5.74) is 7.73. The normalized spacial score (nSPS) is 16.6. The number of benzene rings is 2. The van der Waals surface area contributed by atoms with Crippen molar-refractivity contribution in [1.29, 1.82) is 0 Å². The summed E-state index contributed by atoms with van der Waals surface area (Å²) in [6.45, 7) is 0.619. The molecule has 0 spiro atoms. The lowest BCUT2D eigenvalue weighted by Gasteiger charge is -2.22. The summed E-state index contributed by atoms with van der Waals surface area (Å²) in [7, 11) is 0. The van der Waals surface area contributed by atoms with E-state index in [-0.39, 0.29) is 17.4 Å². The number of hydrogen-bond acceptors (Lipinski definition) is 5. The maximum absolute atomic E-state index is 14.8. The van der Waals surface area contributed by atoms with E-state index in [2.05, 4.69) is 31.0 Å². The van der Waals surface area contributed by atoms with Crippen LogP contribution in [0.25, 0.3) is 43.8 Å². The van der Waals surface area contributed by atoms with Crippen LogP contribution in [0.4, 0.5) is 14.5 Å². The van der Waals surface area contributed by atoms with Crippen molar-refractivity contribution in [3.05, 3.63) is 63.1 Å². The van der Waals surface area contributed by atoms with Crippen LogP contribution >= 0.6 is 15.9 Å². The summed E-state index contributed by atoms with van der Waals surface area (Å²) in [6.07, 6.45) is 5.30. The van der Waals surface area contributed by atoms with Crippen LogP contribution < -0.4 is 11.3 Å². The topological polar surface area (TPSA) is 98.8 Å². The van der Waals surface area contributed by atoms with Crippen LogP contribution in [0, 0.1) is 11.6 Å². The molecule has 3 aromatic heterocycles. The lowest BCUT2D eigenvalue weighted by atomic mass is 9.95. The molecule has 1 saturated heterocycles. The Hall–Kier alpha value is -3.37. The second-order valence-electron chi connectivity index (χ2n) is 8.36. The number of pyridine rings is 2. The molecule has 1 atom stereocenters. The molecule has 4 heterocycles. The highest BCUT2D eigenvalue weighted by Crippen LogP contribution is 2.40. The van der Waals surface area contributed by atoms with Crippen molar-refractivity contribution in [2.45, 2.75) is 25.5 Å². The lowest BCUT2D eigenvalue weighted by molar-refractivity contribution is -0.0391. The number of hydrogen-bond donors (Lipinski definition) is 2. The Balaban J connectivity index is 1.69. The summed E-state index contributed by atoms with van der Waals surface area (Å²) < 4.78 is 36.9. The molecule has 0 amide bonds. The van der Waals surface area contributed by atoms with E-state index >= 15 is 0 Å². The van der Waals surface area contributed by atoms with Gasteiger partial charge in [0.1, 0.15) is 23.2 Å². The molecule has 1 unspecified atom stereocenters. The van der Waals surface area contributed by atoms with Crippen molar-refractivity contribution in [3.63, 3.8) is 0 Å². The Morgan fingerprint density at radius 1 is 1.15 bits per heavy atom. The molecule has 1 aliphatic rings. The highest BCUT2D eigenvalue weighted by atomic mass is 79.9. The first-order valence-corrected chi connectivity index (χ1v) is 11.6. The van der Waals surface area contributed by atoms with Crippen LogP contribution in [0.2, 0.25) is 0 Å². The number of nitrogens with zero attached hydrogens (tertiary/aromatic N) is 3. The number of anilines is 1. The maximum atomic E-state index is 14.8. The largest absolute Gasteiger partial charge is 0.394 e. The summed E-state index contributed by atoms with van der Waals surface area (Å²) in [5.74, 6) is -1.03. The van der Waals surface area contributed by atoms with Crippen molar-refractivity contribution < 1.29 is 13.5 Å². The van der Waals surface area contributed by atoms with Crippen LogP contribution in [-0.2, 0) is 4.74 Å². The number of aromatic amines is 1. The van der Waals surface area contributed by atoms with E-state index in [1.165, 1.54) is 12.1 Å². The zero-order chi connectivity index (χ0) is 23.6. The average Bonchev–Trinajstić information content (AvgIpc) is 3.29. The fraction of sp³-hybridized carbons (Fsp3) is 0.208. The Morgan fingerprint density at radius 3 is 2.79 bits per heavy atom. The van der Waals surface area contributed by atoms with Gasteiger partial charge in [-0.1, -0.05) is 6.07 Å². The molecule has 1 fully saturated rings. The smallest absolute Gasteiger partial charge is 0.272 e. The van der Waals surface area contributed by atoms with E-state index in [1.807, 2.05) is 0 Å². The van der Waals surface area contributed by atoms with Gasteiger partial charge in [-0.3, -0.25) is 9.78 Å². The predicted octanol–water partition coefficient (Wildman–Crippen LogP) is 5.42. The van der Waals surface area contributed by atoms with Gasteiger partial charge in [0.05, 0.1) is 17.2 Å². The molecule has 0 radical (unpaired) electrons. The van der Waals surface area contributed by atoms with E-state index in [1.54, 1.807) is 23.0 Å². The standard InChI is InChI=1S/C24H18BrF2N5O2/c25-16-8-13-19(20(28)24(33)30-21(13)14-7-11(26)9-29-22(14)16)12-4-5-17(27)23-15(12)10-32(31-23)18-3-1-2-6-34-18/h4-5,7-10,18H,1-3,6,28H2,(H,30,33). The third kappa shape index (κ3) is 3.20. The molecule has 1 aliphatic heterocycles. The van der Waals surface area contributed by atoms with Gasteiger partial charge in [0.25, 0.3) is 5.56 Å². The molecule has 34 heavy (non-hydrogen) atoms. The van der Waals surface area contributed by atoms with Gasteiger partial charge in [0.2, 0.25) is 0 Å². The number of halogens is 3. The molecule has 7 nitrogen and oxygen atoms in total. The van der Waals surface area contributed by atoms with Crippen molar-refractivity contribution in [3.8, 4) is 11.1 Å². The van der Waals surface area contributed by atoms with E-state index in [0.29, 0.717) is 49.4 Å². The molecule has 3 N–H and O–H groups in total. The van der Waals surface area contributed by atoms with Gasteiger partial charge in [-0.15, -0.1) is 0 Å². The molecule has 172 valence electrons. The Labute approximate surface area is 199 Å². The quantitative estimate of drug-likeness (QED) is 0.300. The molecule has 2 aromatic carbocycles. The summed E-state index contributed by atoms with van der Waals surface area (Å²) >= 11 is 3.50. The van der Waals surface area contributed by atoms with Gasteiger partial charge in [-0.05, 0) is 59.0 Å². The summed E-state index contributed by atoms with van der Waals surface area (Å²) in [5, 5.41) is 5.95. The highest BCUT2D eigenvalue weighted by molar-refractivity contribution is 9.10. The fourth-order valence-corrected chi connectivity index (χ4v) is 5.23. The first-order chi connectivity index (χ1) is 16.4. The monoisotopic (exact) mass is 525 g/mol. The van der Waals surface area contributed by atoms with Crippen molar-refractivity contribution >= 4 is 54.3 Å². The van der Waals surface area contributed by atoms with Crippen LogP contribution in [0.5, 0.6) is 0 Å². The van der Waals surface area contributed by atoms with Gasteiger partial charge >= 0.3 is 0 Å². The Kier molecular flexibility index (Phi) is 4.89. The zero-order valence-electron chi connectivity index (χ0n) is 17.7. The number of aromatic nitrogens is 4.